The maximum Gasteiger partial charge on any atom is 0.0546 e. The monoisotopic (exact) mass is 178 g/mol. The van der Waals surface area contributed by atoms with Crippen molar-refractivity contribution in [2.45, 2.75) is 46.5 Å². The first kappa shape index (κ1) is 8.92. The van der Waals surface area contributed by atoms with E-state index >= 15 is 0 Å². The molecule has 2 aliphatic rings. The molecule has 1 fully saturated rings. The van der Waals surface area contributed by atoms with Gasteiger partial charge in [-0.05, 0) is 19.3 Å². The molecule has 2 nitrogen and oxygen atoms in total. The molecule has 1 saturated carbocycles. The van der Waals surface area contributed by atoms with E-state index in [2.05, 4.69) is 31.0 Å². The average molecular weight is 178 g/mol. The van der Waals surface area contributed by atoms with Gasteiger partial charge in [-0.3, -0.25) is 0 Å². The minimum Gasteiger partial charge on any atom is -0.159 e. The molecule has 0 saturated heterocycles. The Balaban J connectivity index is 2.19. The summed E-state index contributed by atoms with van der Waals surface area (Å²) in [6.07, 6.45) is 5.10. The van der Waals surface area contributed by atoms with Crippen molar-refractivity contribution >= 4 is 11.4 Å². The molecule has 0 bridgehead atoms. The van der Waals surface area contributed by atoms with Crippen LogP contribution in [0.1, 0.15) is 46.5 Å². The molecule has 0 aromatic rings. The summed E-state index contributed by atoms with van der Waals surface area (Å²) in [7, 11) is 0. The van der Waals surface area contributed by atoms with Gasteiger partial charge in [-0.1, -0.05) is 27.2 Å². The molecule has 2 heteroatoms. The third-order valence-electron chi connectivity index (χ3n) is 2.96. The maximum absolute atomic E-state index is 4.36. The van der Waals surface area contributed by atoms with Crippen LogP contribution < -0.4 is 0 Å². The van der Waals surface area contributed by atoms with Crippen LogP contribution in [0.3, 0.4) is 0 Å². The lowest BCUT2D eigenvalue weighted by Gasteiger charge is -2.27. The zero-order valence-electron chi connectivity index (χ0n) is 8.80. The number of hydrogen-bond donors (Lipinski definition) is 0. The Morgan fingerprint density at radius 3 is 2.62 bits per heavy atom. The smallest absolute Gasteiger partial charge is 0.0546 e. The Kier molecular flexibility index (Phi) is 2.01. The van der Waals surface area contributed by atoms with E-state index in [4.69, 9.17) is 0 Å². The quantitative estimate of drug-likeness (QED) is 0.544. The van der Waals surface area contributed by atoms with E-state index in [1.807, 2.05) is 0 Å². The van der Waals surface area contributed by atoms with Crippen molar-refractivity contribution in [2.24, 2.45) is 21.5 Å². The second-order valence-electron chi connectivity index (χ2n) is 5.12. The van der Waals surface area contributed by atoms with E-state index in [1.165, 1.54) is 37.1 Å². The fourth-order valence-corrected chi connectivity index (χ4v) is 2.27. The van der Waals surface area contributed by atoms with Crippen molar-refractivity contribution in [3.63, 3.8) is 0 Å². The van der Waals surface area contributed by atoms with Gasteiger partial charge in [-0.15, -0.1) is 0 Å². The summed E-state index contributed by atoms with van der Waals surface area (Å²) in [5.41, 5.74) is 2.85. The highest BCUT2D eigenvalue weighted by atomic mass is 15.2. The largest absolute Gasteiger partial charge is 0.159 e. The van der Waals surface area contributed by atoms with Crippen LogP contribution in [0.5, 0.6) is 0 Å². The highest BCUT2D eigenvalue weighted by Crippen LogP contribution is 2.34. The van der Waals surface area contributed by atoms with Crippen LogP contribution in [-0.4, -0.2) is 11.4 Å². The number of fused-ring (bicyclic) bond motifs is 1. The summed E-state index contributed by atoms with van der Waals surface area (Å²) in [6.45, 7) is 6.71. The summed E-state index contributed by atoms with van der Waals surface area (Å²) in [4.78, 5) is 0. The first-order valence-electron chi connectivity index (χ1n) is 5.24. The van der Waals surface area contributed by atoms with Gasteiger partial charge in [0, 0.05) is 17.0 Å². The molecule has 0 amide bonds. The second-order valence-corrected chi connectivity index (χ2v) is 5.12. The average Bonchev–Trinajstić information content (AvgIpc) is 2.45. The minimum absolute atomic E-state index is 0.202. The molecule has 1 unspecified atom stereocenters. The van der Waals surface area contributed by atoms with E-state index in [-0.39, 0.29) is 5.41 Å². The standard InChI is InChI=1S/C11H18N2/c1-11(2,3)10-8-6-4-5-7-9(8)12-13-10/h8H,4-7H2,1-3H3. The van der Waals surface area contributed by atoms with Gasteiger partial charge in [-0.25, -0.2) is 0 Å². The van der Waals surface area contributed by atoms with Crippen LogP contribution in [0.15, 0.2) is 10.2 Å². The third-order valence-corrected chi connectivity index (χ3v) is 2.96. The zero-order chi connectivity index (χ0) is 9.47. The van der Waals surface area contributed by atoms with E-state index in [9.17, 15) is 0 Å². The molecular weight excluding hydrogens is 160 g/mol. The Labute approximate surface area is 80.1 Å². The van der Waals surface area contributed by atoms with Gasteiger partial charge >= 0.3 is 0 Å². The normalized spacial score (nSPS) is 28.1. The van der Waals surface area contributed by atoms with Crippen LogP contribution in [0.2, 0.25) is 0 Å². The Morgan fingerprint density at radius 1 is 1.15 bits per heavy atom. The van der Waals surface area contributed by atoms with Crippen molar-refractivity contribution < 1.29 is 0 Å². The van der Waals surface area contributed by atoms with Gasteiger partial charge in [-0.2, -0.15) is 10.2 Å². The van der Waals surface area contributed by atoms with Gasteiger partial charge < -0.3 is 0 Å². The van der Waals surface area contributed by atoms with Gasteiger partial charge in [0.15, 0.2) is 0 Å². The van der Waals surface area contributed by atoms with Gasteiger partial charge in [0.05, 0.1) is 5.71 Å². The molecule has 72 valence electrons. The summed E-state index contributed by atoms with van der Waals surface area (Å²) in [5.74, 6) is 0.591. The summed E-state index contributed by atoms with van der Waals surface area (Å²) in [5, 5.41) is 8.67. The number of rotatable bonds is 0. The highest BCUT2D eigenvalue weighted by molar-refractivity contribution is 6.12. The van der Waals surface area contributed by atoms with Crippen molar-refractivity contribution in [2.75, 3.05) is 0 Å². The zero-order valence-corrected chi connectivity index (χ0v) is 8.80. The van der Waals surface area contributed by atoms with Crippen molar-refractivity contribution in [3.05, 3.63) is 0 Å². The van der Waals surface area contributed by atoms with Crippen molar-refractivity contribution in [3.8, 4) is 0 Å². The molecule has 1 heterocycles. The van der Waals surface area contributed by atoms with E-state index < -0.39 is 0 Å². The fraction of sp³-hybridized carbons (Fsp3) is 0.818. The summed E-state index contributed by atoms with van der Waals surface area (Å²) in [6, 6.07) is 0. The topological polar surface area (TPSA) is 24.7 Å². The molecule has 1 aliphatic heterocycles. The van der Waals surface area contributed by atoms with Gasteiger partial charge in [0.25, 0.3) is 0 Å². The summed E-state index contributed by atoms with van der Waals surface area (Å²) < 4.78 is 0. The van der Waals surface area contributed by atoms with E-state index in [1.54, 1.807) is 0 Å². The molecule has 1 atom stereocenters. The first-order valence-corrected chi connectivity index (χ1v) is 5.24. The molecule has 2 rings (SSSR count). The molecule has 13 heavy (non-hydrogen) atoms. The molecule has 0 aromatic carbocycles. The fourth-order valence-electron chi connectivity index (χ4n) is 2.27. The molecule has 0 aromatic heterocycles. The van der Waals surface area contributed by atoms with Gasteiger partial charge in [0.2, 0.25) is 0 Å². The predicted octanol–water partition coefficient (Wildman–Crippen LogP) is 3.03. The summed E-state index contributed by atoms with van der Waals surface area (Å²) >= 11 is 0. The minimum atomic E-state index is 0.202. The van der Waals surface area contributed by atoms with Crippen LogP contribution >= 0.6 is 0 Å². The third kappa shape index (κ3) is 1.54. The first-order chi connectivity index (χ1) is 6.09. The number of hydrogen-bond acceptors (Lipinski definition) is 2. The molecule has 1 aliphatic carbocycles. The maximum atomic E-state index is 4.36. The molecule has 0 spiro atoms. The molecule has 0 N–H and O–H groups in total. The van der Waals surface area contributed by atoms with Crippen LogP contribution in [0, 0.1) is 11.3 Å². The van der Waals surface area contributed by atoms with Crippen molar-refractivity contribution in [1.29, 1.82) is 0 Å². The Bertz CT molecular complexity index is 268. The lowest BCUT2D eigenvalue weighted by atomic mass is 9.75. The SMILES string of the molecule is CC(C)(C)C1=NN=C2CCCCC21. The van der Waals surface area contributed by atoms with Gasteiger partial charge in [0.1, 0.15) is 0 Å². The van der Waals surface area contributed by atoms with Crippen LogP contribution in [0.4, 0.5) is 0 Å². The number of nitrogens with zero attached hydrogens (tertiary/aromatic N) is 2. The van der Waals surface area contributed by atoms with Crippen molar-refractivity contribution in [1.82, 2.24) is 0 Å². The molecular formula is C11H18N2. The van der Waals surface area contributed by atoms with Crippen LogP contribution in [0.25, 0.3) is 0 Å². The highest BCUT2D eigenvalue weighted by Gasteiger charge is 2.35. The van der Waals surface area contributed by atoms with Crippen LogP contribution in [-0.2, 0) is 0 Å². The Morgan fingerprint density at radius 2 is 1.92 bits per heavy atom. The molecule has 0 radical (unpaired) electrons. The Hall–Kier alpha value is -0.660. The van der Waals surface area contributed by atoms with E-state index in [0.29, 0.717) is 5.92 Å². The lowest BCUT2D eigenvalue weighted by molar-refractivity contribution is 0.535. The lowest BCUT2D eigenvalue weighted by Crippen LogP contribution is -2.32. The second kappa shape index (κ2) is 2.93. The van der Waals surface area contributed by atoms with E-state index in [0.717, 1.165) is 0 Å². The predicted molar refractivity (Wildman–Crippen MR) is 56.3 cm³/mol.